The van der Waals surface area contributed by atoms with E-state index >= 15 is 0 Å². The number of amides is 3. The molecule has 1 aromatic carbocycles. The maximum absolute atomic E-state index is 12.1. The highest BCUT2D eigenvalue weighted by molar-refractivity contribution is 5.95. The zero-order valence-corrected chi connectivity index (χ0v) is 15.2. The van der Waals surface area contributed by atoms with Gasteiger partial charge in [-0.3, -0.25) is 4.79 Å². The molecule has 0 heterocycles. The van der Waals surface area contributed by atoms with Crippen molar-refractivity contribution in [3.05, 3.63) is 28.8 Å². The number of carbonyl (C=O) groups excluding carboxylic acids is 2. The fraction of sp³-hybridized carbons (Fsp3) is 0.579. The Bertz CT molecular complexity index is 596. The first kappa shape index (κ1) is 18.3. The quantitative estimate of drug-likeness (QED) is 0.773. The number of benzene rings is 1. The Kier molecular flexibility index (Phi) is 5.86. The molecule has 132 valence electrons. The molecule has 0 aromatic heterocycles. The Morgan fingerprint density at radius 2 is 1.62 bits per heavy atom. The van der Waals surface area contributed by atoms with E-state index in [9.17, 15) is 9.59 Å². The predicted molar refractivity (Wildman–Crippen MR) is 97.3 cm³/mol. The van der Waals surface area contributed by atoms with Crippen LogP contribution in [0.1, 0.15) is 49.3 Å². The fourth-order valence-corrected chi connectivity index (χ4v) is 3.48. The summed E-state index contributed by atoms with van der Waals surface area (Å²) >= 11 is 0. The predicted octanol–water partition coefficient (Wildman–Crippen LogP) is 3.43. The molecule has 0 radical (unpaired) electrons. The van der Waals surface area contributed by atoms with Crippen molar-refractivity contribution in [2.75, 3.05) is 18.4 Å². The molecule has 3 amide bonds. The first-order chi connectivity index (χ1) is 11.3. The maximum atomic E-state index is 12.1. The van der Waals surface area contributed by atoms with Crippen LogP contribution in [0.2, 0.25) is 0 Å². The van der Waals surface area contributed by atoms with Crippen LogP contribution in [-0.4, -0.2) is 25.0 Å². The van der Waals surface area contributed by atoms with Crippen molar-refractivity contribution in [3.8, 4) is 0 Å². The molecule has 0 unspecified atom stereocenters. The summed E-state index contributed by atoms with van der Waals surface area (Å²) < 4.78 is 0. The van der Waals surface area contributed by atoms with E-state index in [1.807, 2.05) is 32.9 Å². The van der Waals surface area contributed by atoms with E-state index < -0.39 is 0 Å². The lowest BCUT2D eigenvalue weighted by Crippen LogP contribution is -2.43. The minimum absolute atomic E-state index is 0.0324. The molecule has 5 nitrogen and oxygen atoms in total. The van der Waals surface area contributed by atoms with Crippen LogP contribution in [0.3, 0.4) is 0 Å². The lowest BCUT2D eigenvalue weighted by atomic mass is 9.89. The van der Waals surface area contributed by atoms with Gasteiger partial charge in [0.1, 0.15) is 0 Å². The molecule has 1 saturated carbocycles. The van der Waals surface area contributed by atoms with Gasteiger partial charge in [0.05, 0.1) is 6.54 Å². The smallest absolute Gasteiger partial charge is 0.315 e. The van der Waals surface area contributed by atoms with Crippen molar-refractivity contribution in [2.45, 2.75) is 53.4 Å². The molecule has 0 atom stereocenters. The van der Waals surface area contributed by atoms with Gasteiger partial charge in [-0.2, -0.15) is 0 Å². The summed E-state index contributed by atoms with van der Waals surface area (Å²) in [7, 11) is 0. The van der Waals surface area contributed by atoms with Gasteiger partial charge in [0.25, 0.3) is 0 Å². The summed E-state index contributed by atoms with van der Waals surface area (Å²) in [6, 6.07) is 3.78. The van der Waals surface area contributed by atoms with Crippen LogP contribution < -0.4 is 16.0 Å². The van der Waals surface area contributed by atoms with Gasteiger partial charge in [-0.25, -0.2) is 4.79 Å². The molecule has 5 heteroatoms. The van der Waals surface area contributed by atoms with Gasteiger partial charge in [-0.15, -0.1) is 0 Å². The van der Waals surface area contributed by atoms with E-state index in [1.54, 1.807) is 0 Å². The van der Waals surface area contributed by atoms with Crippen LogP contribution in [0.15, 0.2) is 12.1 Å². The van der Waals surface area contributed by atoms with E-state index in [-0.39, 0.29) is 23.9 Å². The molecule has 0 saturated heterocycles. The molecule has 0 spiro atoms. The van der Waals surface area contributed by atoms with E-state index in [1.165, 1.54) is 18.4 Å². The highest BCUT2D eigenvalue weighted by Crippen LogP contribution is 2.36. The van der Waals surface area contributed by atoms with Crippen LogP contribution in [0.25, 0.3) is 0 Å². The lowest BCUT2D eigenvalue weighted by Gasteiger charge is -2.23. The van der Waals surface area contributed by atoms with Crippen molar-refractivity contribution in [3.63, 3.8) is 0 Å². The molecule has 1 aliphatic rings. The lowest BCUT2D eigenvalue weighted by molar-refractivity contribution is -0.115. The zero-order chi connectivity index (χ0) is 17.7. The Morgan fingerprint density at radius 3 is 2.21 bits per heavy atom. The number of nitrogens with one attached hydrogen (secondary N) is 3. The van der Waals surface area contributed by atoms with Gasteiger partial charge in [0.2, 0.25) is 5.91 Å². The Morgan fingerprint density at radius 1 is 1.04 bits per heavy atom. The molecule has 24 heavy (non-hydrogen) atoms. The number of anilines is 1. The van der Waals surface area contributed by atoms with Gasteiger partial charge >= 0.3 is 6.03 Å². The minimum Gasteiger partial charge on any atom is -0.338 e. The third-order valence-electron chi connectivity index (χ3n) is 4.84. The van der Waals surface area contributed by atoms with E-state index in [2.05, 4.69) is 22.9 Å². The minimum atomic E-state index is -0.282. The zero-order valence-electron chi connectivity index (χ0n) is 15.2. The molecule has 1 fully saturated rings. The maximum Gasteiger partial charge on any atom is 0.315 e. The van der Waals surface area contributed by atoms with Gasteiger partial charge < -0.3 is 16.0 Å². The first-order valence-corrected chi connectivity index (χ1v) is 8.68. The van der Waals surface area contributed by atoms with E-state index in [4.69, 9.17) is 0 Å². The standard InChI is InChI=1S/C19H29N3O2/c1-13-9-14(2)17(15(3)10-13)22-16(23)11-20-18(24)21-12-19(4)7-5-6-8-19/h9-10H,5-8,11-12H2,1-4H3,(H,22,23)(H2,20,21,24). The molecular formula is C19H29N3O2. The van der Waals surface area contributed by atoms with Crippen LogP contribution in [0, 0.1) is 26.2 Å². The SMILES string of the molecule is Cc1cc(C)c(NC(=O)CNC(=O)NCC2(C)CCCC2)c(C)c1. The average Bonchev–Trinajstić information content (AvgIpc) is 2.94. The number of urea groups is 1. The molecule has 2 rings (SSSR count). The van der Waals surface area contributed by atoms with Gasteiger partial charge in [0.15, 0.2) is 0 Å². The highest BCUT2D eigenvalue weighted by Gasteiger charge is 2.28. The summed E-state index contributed by atoms with van der Waals surface area (Å²) in [5.74, 6) is -0.215. The second-order valence-electron chi connectivity index (χ2n) is 7.38. The Balaban J connectivity index is 1.78. The third kappa shape index (κ3) is 4.98. The van der Waals surface area contributed by atoms with Crippen LogP contribution in [-0.2, 0) is 4.79 Å². The highest BCUT2D eigenvalue weighted by atomic mass is 16.2. The third-order valence-corrected chi connectivity index (χ3v) is 4.84. The Labute approximate surface area is 144 Å². The molecular weight excluding hydrogens is 302 g/mol. The number of hydrogen-bond donors (Lipinski definition) is 3. The van der Waals surface area contributed by atoms with Crippen LogP contribution >= 0.6 is 0 Å². The molecule has 0 aliphatic heterocycles. The number of rotatable bonds is 5. The van der Waals surface area contributed by atoms with Crippen molar-refractivity contribution < 1.29 is 9.59 Å². The van der Waals surface area contributed by atoms with Crippen molar-refractivity contribution >= 4 is 17.6 Å². The summed E-state index contributed by atoms with van der Waals surface area (Å²) in [5.41, 5.74) is 4.25. The van der Waals surface area contributed by atoms with Crippen LogP contribution in [0.5, 0.6) is 0 Å². The second kappa shape index (κ2) is 7.69. The van der Waals surface area contributed by atoms with Crippen molar-refractivity contribution in [1.82, 2.24) is 10.6 Å². The topological polar surface area (TPSA) is 70.2 Å². The summed E-state index contributed by atoms with van der Waals surface area (Å²) in [6.45, 7) is 8.81. The monoisotopic (exact) mass is 331 g/mol. The van der Waals surface area contributed by atoms with Crippen molar-refractivity contribution in [1.29, 1.82) is 0 Å². The normalized spacial score (nSPS) is 15.8. The first-order valence-electron chi connectivity index (χ1n) is 8.68. The summed E-state index contributed by atoms with van der Waals surface area (Å²) in [5, 5.41) is 8.40. The fourth-order valence-electron chi connectivity index (χ4n) is 3.48. The second-order valence-corrected chi connectivity index (χ2v) is 7.38. The van der Waals surface area contributed by atoms with E-state index in [0.29, 0.717) is 6.54 Å². The number of hydrogen-bond acceptors (Lipinski definition) is 2. The van der Waals surface area contributed by atoms with Gasteiger partial charge in [-0.05, 0) is 50.2 Å². The molecule has 3 N–H and O–H groups in total. The van der Waals surface area contributed by atoms with E-state index in [0.717, 1.165) is 29.7 Å². The van der Waals surface area contributed by atoms with Crippen LogP contribution in [0.4, 0.5) is 10.5 Å². The van der Waals surface area contributed by atoms with Gasteiger partial charge in [-0.1, -0.05) is 37.5 Å². The molecule has 1 aromatic rings. The number of aryl methyl sites for hydroxylation is 3. The van der Waals surface area contributed by atoms with Gasteiger partial charge in [0, 0.05) is 12.2 Å². The Hall–Kier alpha value is -2.04. The molecule has 1 aliphatic carbocycles. The number of carbonyl (C=O) groups is 2. The average molecular weight is 331 g/mol. The molecule has 0 bridgehead atoms. The summed E-state index contributed by atoms with van der Waals surface area (Å²) in [6.07, 6.45) is 4.77. The largest absolute Gasteiger partial charge is 0.338 e. The summed E-state index contributed by atoms with van der Waals surface area (Å²) in [4.78, 5) is 24.0. The van der Waals surface area contributed by atoms with Crippen molar-refractivity contribution in [2.24, 2.45) is 5.41 Å².